The summed E-state index contributed by atoms with van der Waals surface area (Å²) < 4.78 is 0. The van der Waals surface area contributed by atoms with Crippen molar-refractivity contribution >= 4 is 32.3 Å². The fraction of sp³-hybridized carbons (Fsp3) is 0. The zero-order chi connectivity index (χ0) is 19.9. The van der Waals surface area contributed by atoms with E-state index in [1.807, 2.05) is 0 Å². The Hall–Kier alpha value is -3.90. The fourth-order valence-corrected chi connectivity index (χ4v) is 4.77. The van der Waals surface area contributed by atoms with Gasteiger partial charge in [0.15, 0.2) is 0 Å². The molecule has 0 atom stereocenters. The van der Waals surface area contributed by atoms with Crippen molar-refractivity contribution in [2.24, 2.45) is 0 Å². The second-order valence-electron chi connectivity index (χ2n) is 7.74. The van der Waals surface area contributed by atoms with Crippen LogP contribution in [0.4, 0.5) is 0 Å². The van der Waals surface area contributed by atoms with E-state index in [2.05, 4.69) is 121 Å². The molecule has 0 saturated heterocycles. The van der Waals surface area contributed by atoms with Gasteiger partial charge in [-0.2, -0.15) is 0 Å². The molecule has 140 valence electrons. The van der Waals surface area contributed by atoms with Gasteiger partial charge >= 0.3 is 0 Å². The zero-order valence-corrected chi connectivity index (χ0v) is 16.5. The standard InChI is InChI=1S/C30H20/c1-3-12-22(13-4-1)28-25-17-9-10-18-26(25)29(23-14-5-2-6-15-23)30-24-16-8-7-11-21(24)19-20-27(28)30/h1-20H. The van der Waals surface area contributed by atoms with E-state index < -0.39 is 0 Å². The van der Waals surface area contributed by atoms with Gasteiger partial charge < -0.3 is 0 Å². The van der Waals surface area contributed by atoms with E-state index >= 15 is 0 Å². The van der Waals surface area contributed by atoms with Gasteiger partial charge in [-0.15, -0.1) is 0 Å². The highest BCUT2D eigenvalue weighted by Gasteiger charge is 2.17. The molecule has 0 N–H and O–H groups in total. The van der Waals surface area contributed by atoms with E-state index in [9.17, 15) is 0 Å². The first-order valence-corrected chi connectivity index (χ1v) is 10.4. The second-order valence-corrected chi connectivity index (χ2v) is 7.74. The SMILES string of the molecule is c1ccc(-c2c3ccccc3c(-c3ccccc3)c3c2ccc2ccccc23)cc1. The molecule has 6 aromatic rings. The third-order valence-electron chi connectivity index (χ3n) is 6.04. The third-order valence-corrected chi connectivity index (χ3v) is 6.04. The van der Waals surface area contributed by atoms with E-state index in [-0.39, 0.29) is 0 Å². The Balaban J connectivity index is 1.93. The van der Waals surface area contributed by atoms with E-state index in [0.717, 1.165) is 0 Å². The number of hydrogen-bond acceptors (Lipinski definition) is 0. The first-order chi connectivity index (χ1) is 14.9. The Kier molecular flexibility index (Phi) is 3.89. The molecule has 0 spiro atoms. The maximum absolute atomic E-state index is 2.30. The molecular formula is C30H20. The Morgan fingerprint density at radius 3 is 1.47 bits per heavy atom. The number of hydrogen-bond donors (Lipinski definition) is 0. The first kappa shape index (κ1) is 17.0. The minimum Gasteiger partial charge on any atom is -0.0622 e. The summed E-state index contributed by atoms with van der Waals surface area (Å²) in [6.07, 6.45) is 0. The summed E-state index contributed by atoms with van der Waals surface area (Å²) in [7, 11) is 0. The van der Waals surface area contributed by atoms with Gasteiger partial charge in [0.25, 0.3) is 0 Å². The van der Waals surface area contributed by atoms with Crippen molar-refractivity contribution in [3.05, 3.63) is 121 Å². The van der Waals surface area contributed by atoms with Crippen LogP contribution in [0.2, 0.25) is 0 Å². The largest absolute Gasteiger partial charge is 0.0622 e. The molecule has 0 amide bonds. The van der Waals surface area contributed by atoms with Crippen LogP contribution in [-0.2, 0) is 0 Å². The van der Waals surface area contributed by atoms with Crippen molar-refractivity contribution in [3.8, 4) is 22.3 Å². The average molecular weight is 380 g/mol. The summed E-state index contributed by atoms with van der Waals surface area (Å²) in [5.41, 5.74) is 5.15. The Bertz CT molecular complexity index is 1510. The summed E-state index contributed by atoms with van der Waals surface area (Å²) in [6.45, 7) is 0. The Morgan fingerprint density at radius 2 is 0.800 bits per heavy atom. The lowest BCUT2D eigenvalue weighted by Crippen LogP contribution is -1.91. The van der Waals surface area contributed by atoms with Gasteiger partial charge in [-0.25, -0.2) is 0 Å². The maximum Gasteiger partial charge on any atom is -0.00141 e. The van der Waals surface area contributed by atoms with Crippen LogP contribution in [0, 0.1) is 0 Å². The summed E-state index contributed by atoms with van der Waals surface area (Å²) in [6, 6.07) is 43.7. The van der Waals surface area contributed by atoms with Crippen molar-refractivity contribution in [2.45, 2.75) is 0 Å². The first-order valence-electron chi connectivity index (χ1n) is 10.4. The Labute approximate surface area is 176 Å². The molecule has 0 unspecified atom stereocenters. The normalized spacial score (nSPS) is 11.3. The van der Waals surface area contributed by atoms with E-state index in [1.54, 1.807) is 0 Å². The molecule has 0 heterocycles. The van der Waals surface area contributed by atoms with Gasteiger partial charge in [-0.05, 0) is 54.6 Å². The minimum absolute atomic E-state index is 1.26. The molecule has 0 radical (unpaired) electrons. The van der Waals surface area contributed by atoms with E-state index in [1.165, 1.54) is 54.6 Å². The van der Waals surface area contributed by atoms with Gasteiger partial charge in [0, 0.05) is 0 Å². The molecule has 0 saturated carbocycles. The summed E-state index contributed by atoms with van der Waals surface area (Å²) in [5, 5.41) is 7.80. The van der Waals surface area contributed by atoms with Gasteiger partial charge in [0.05, 0.1) is 0 Å². The summed E-state index contributed by atoms with van der Waals surface area (Å²) in [5.74, 6) is 0. The third kappa shape index (κ3) is 2.54. The van der Waals surface area contributed by atoms with Crippen LogP contribution in [0.1, 0.15) is 0 Å². The van der Waals surface area contributed by atoms with Crippen LogP contribution in [0.3, 0.4) is 0 Å². The van der Waals surface area contributed by atoms with Gasteiger partial charge in [-0.1, -0.05) is 121 Å². The highest BCUT2D eigenvalue weighted by molar-refractivity contribution is 6.27. The van der Waals surface area contributed by atoms with Crippen molar-refractivity contribution in [1.82, 2.24) is 0 Å². The smallest absolute Gasteiger partial charge is 0.00141 e. The average Bonchev–Trinajstić information content (AvgIpc) is 2.83. The van der Waals surface area contributed by atoms with Gasteiger partial charge in [0.1, 0.15) is 0 Å². The quantitative estimate of drug-likeness (QED) is 0.209. The van der Waals surface area contributed by atoms with Crippen molar-refractivity contribution < 1.29 is 0 Å². The molecule has 0 bridgehead atoms. The predicted molar refractivity (Wildman–Crippen MR) is 130 cm³/mol. The fourth-order valence-electron chi connectivity index (χ4n) is 4.77. The summed E-state index contributed by atoms with van der Waals surface area (Å²) in [4.78, 5) is 0. The number of fused-ring (bicyclic) bond motifs is 4. The lowest BCUT2D eigenvalue weighted by molar-refractivity contribution is 1.66. The number of benzene rings is 6. The lowest BCUT2D eigenvalue weighted by atomic mass is 9.84. The van der Waals surface area contributed by atoms with Crippen LogP contribution in [0.25, 0.3) is 54.6 Å². The van der Waals surface area contributed by atoms with Crippen molar-refractivity contribution in [1.29, 1.82) is 0 Å². The molecule has 6 rings (SSSR count). The highest BCUT2D eigenvalue weighted by Crippen LogP contribution is 2.45. The van der Waals surface area contributed by atoms with Crippen LogP contribution < -0.4 is 0 Å². The lowest BCUT2D eigenvalue weighted by Gasteiger charge is -2.19. The van der Waals surface area contributed by atoms with Crippen LogP contribution in [-0.4, -0.2) is 0 Å². The molecule has 30 heavy (non-hydrogen) atoms. The second kappa shape index (κ2) is 6.86. The summed E-state index contributed by atoms with van der Waals surface area (Å²) >= 11 is 0. The minimum atomic E-state index is 1.26. The maximum atomic E-state index is 2.30. The monoisotopic (exact) mass is 380 g/mol. The van der Waals surface area contributed by atoms with Crippen molar-refractivity contribution in [2.75, 3.05) is 0 Å². The molecule has 6 aromatic carbocycles. The van der Waals surface area contributed by atoms with Gasteiger partial charge in [-0.3, -0.25) is 0 Å². The highest BCUT2D eigenvalue weighted by atomic mass is 14.2. The van der Waals surface area contributed by atoms with Crippen LogP contribution >= 0.6 is 0 Å². The molecular weight excluding hydrogens is 360 g/mol. The molecule has 0 nitrogen and oxygen atoms in total. The molecule has 0 aliphatic heterocycles. The van der Waals surface area contributed by atoms with E-state index in [0.29, 0.717) is 0 Å². The number of rotatable bonds is 2. The van der Waals surface area contributed by atoms with Crippen LogP contribution in [0.5, 0.6) is 0 Å². The predicted octanol–water partition coefficient (Wildman–Crippen LogP) is 8.48. The molecule has 0 aromatic heterocycles. The molecule has 0 fully saturated rings. The zero-order valence-electron chi connectivity index (χ0n) is 16.5. The Morgan fingerprint density at radius 1 is 0.300 bits per heavy atom. The topological polar surface area (TPSA) is 0 Å². The molecule has 0 heteroatoms. The molecule has 0 aliphatic rings. The van der Waals surface area contributed by atoms with E-state index in [4.69, 9.17) is 0 Å². The van der Waals surface area contributed by atoms with Gasteiger partial charge in [0.2, 0.25) is 0 Å². The van der Waals surface area contributed by atoms with Crippen molar-refractivity contribution in [3.63, 3.8) is 0 Å². The molecule has 0 aliphatic carbocycles. The van der Waals surface area contributed by atoms with Crippen LogP contribution in [0.15, 0.2) is 121 Å².